The standard InChI is InChI=1S/C19H23N3O2S/c1-3-8-20-17(23)13-21-9-11-22(12-10-21)19(24)18-14(2)15-6-4-5-7-16(15)25-18/h3-7H,1,8-13H2,2H3,(H,20,23). The van der Waals surface area contributed by atoms with E-state index in [0.29, 0.717) is 26.2 Å². The van der Waals surface area contributed by atoms with Crippen LogP contribution in [0.15, 0.2) is 36.9 Å². The molecule has 0 bridgehead atoms. The molecule has 2 heterocycles. The Morgan fingerprint density at radius 3 is 2.64 bits per heavy atom. The molecule has 0 atom stereocenters. The van der Waals surface area contributed by atoms with E-state index in [-0.39, 0.29) is 11.8 Å². The number of nitrogens with zero attached hydrogens (tertiary/aromatic N) is 2. The zero-order valence-corrected chi connectivity index (χ0v) is 15.3. The molecule has 2 aromatic rings. The summed E-state index contributed by atoms with van der Waals surface area (Å²) < 4.78 is 1.15. The van der Waals surface area contributed by atoms with Gasteiger partial charge in [0.2, 0.25) is 5.91 Å². The van der Waals surface area contributed by atoms with Crippen LogP contribution in [-0.2, 0) is 4.79 Å². The number of nitrogens with one attached hydrogen (secondary N) is 1. The van der Waals surface area contributed by atoms with Gasteiger partial charge < -0.3 is 10.2 Å². The smallest absolute Gasteiger partial charge is 0.264 e. The highest BCUT2D eigenvalue weighted by molar-refractivity contribution is 7.21. The molecule has 25 heavy (non-hydrogen) atoms. The van der Waals surface area contributed by atoms with Crippen LogP contribution >= 0.6 is 11.3 Å². The van der Waals surface area contributed by atoms with Crippen LogP contribution in [0.5, 0.6) is 0 Å². The van der Waals surface area contributed by atoms with Crippen molar-refractivity contribution in [2.75, 3.05) is 39.3 Å². The number of carbonyl (C=O) groups excluding carboxylic acids is 2. The Bertz CT molecular complexity index is 791. The number of fused-ring (bicyclic) bond motifs is 1. The van der Waals surface area contributed by atoms with E-state index in [1.165, 1.54) is 0 Å². The van der Waals surface area contributed by atoms with Crippen LogP contribution in [0.25, 0.3) is 10.1 Å². The number of benzene rings is 1. The monoisotopic (exact) mass is 357 g/mol. The van der Waals surface area contributed by atoms with E-state index in [1.807, 2.05) is 24.0 Å². The molecule has 0 saturated carbocycles. The summed E-state index contributed by atoms with van der Waals surface area (Å²) >= 11 is 1.57. The molecule has 1 aromatic heterocycles. The molecule has 1 aliphatic heterocycles. The molecule has 1 fully saturated rings. The summed E-state index contributed by atoms with van der Waals surface area (Å²) in [5, 5.41) is 3.94. The van der Waals surface area contributed by atoms with Crippen molar-refractivity contribution in [2.45, 2.75) is 6.92 Å². The Labute approximate surface area is 151 Å². The fraction of sp³-hybridized carbons (Fsp3) is 0.368. The SMILES string of the molecule is C=CCNC(=O)CN1CCN(C(=O)c2sc3ccccc3c2C)CC1. The maximum Gasteiger partial charge on any atom is 0.264 e. The highest BCUT2D eigenvalue weighted by Crippen LogP contribution is 2.31. The number of aryl methyl sites for hydroxylation is 1. The first-order valence-electron chi connectivity index (χ1n) is 8.47. The van der Waals surface area contributed by atoms with Crippen molar-refractivity contribution < 1.29 is 9.59 Å². The summed E-state index contributed by atoms with van der Waals surface area (Å²) in [6.45, 7) is 9.22. The van der Waals surface area contributed by atoms with Crippen LogP contribution in [0.3, 0.4) is 0 Å². The molecule has 5 nitrogen and oxygen atoms in total. The minimum atomic E-state index is 0.0000253. The highest BCUT2D eigenvalue weighted by atomic mass is 32.1. The molecule has 0 radical (unpaired) electrons. The van der Waals surface area contributed by atoms with Crippen LogP contribution in [0.1, 0.15) is 15.2 Å². The van der Waals surface area contributed by atoms with Crippen molar-refractivity contribution in [3.63, 3.8) is 0 Å². The predicted molar refractivity (Wildman–Crippen MR) is 102 cm³/mol. The molecule has 132 valence electrons. The Kier molecular flexibility index (Phi) is 5.50. The first-order chi connectivity index (χ1) is 12.1. The van der Waals surface area contributed by atoms with Crippen LogP contribution < -0.4 is 5.32 Å². The average molecular weight is 357 g/mol. The molecule has 0 spiro atoms. The first kappa shape index (κ1) is 17.6. The van der Waals surface area contributed by atoms with Gasteiger partial charge in [0, 0.05) is 37.4 Å². The van der Waals surface area contributed by atoms with Crippen LogP contribution in [0, 0.1) is 6.92 Å². The molecule has 6 heteroatoms. The van der Waals surface area contributed by atoms with Gasteiger partial charge in [0.25, 0.3) is 5.91 Å². The van der Waals surface area contributed by atoms with E-state index in [4.69, 9.17) is 0 Å². The van der Waals surface area contributed by atoms with Gasteiger partial charge in [-0.15, -0.1) is 17.9 Å². The minimum absolute atomic E-state index is 0.0000253. The summed E-state index contributed by atoms with van der Waals surface area (Å²) in [7, 11) is 0. The first-order valence-corrected chi connectivity index (χ1v) is 9.29. The lowest BCUT2D eigenvalue weighted by Crippen LogP contribution is -2.51. The van der Waals surface area contributed by atoms with Gasteiger partial charge in [0.15, 0.2) is 0 Å². The van der Waals surface area contributed by atoms with Crippen molar-refractivity contribution in [1.29, 1.82) is 0 Å². The van der Waals surface area contributed by atoms with E-state index in [1.54, 1.807) is 17.4 Å². The largest absolute Gasteiger partial charge is 0.352 e. The molecule has 3 rings (SSSR count). The molecule has 1 saturated heterocycles. The Hall–Kier alpha value is -2.18. The van der Waals surface area contributed by atoms with Crippen molar-refractivity contribution in [3.05, 3.63) is 47.4 Å². The van der Waals surface area contributed by atoms with E-state index < -0.39 is 0 Å². The van der Waals surface area contributed by atoms with Crippen molar-refractivity contribution in [1.82, 2.24) is 15.1 Å². The van der Waals surface area contributed by atoms with Gasteiger partial charge in [-0.2, -0.15) is 0 Å². The lowest BCUT2D eigenvalue weighted by Gasteiger charge is -2.34. The summed E-state index contributed by atoms with van der Waals surface area (Å²) in [5.74, 6) is 0.106. The van der Waals surface area contributed by atoms with Crippen molar-refractivity contribution in [2.24, 2.45) is 0 Å². The molecule has 0 unspecified atom stereocenters. The molecule has 1 N–H and O–H groups in total. The minimum Gasteiger partial charge on any atom is -0.352 e. The molecule has 2 amide bonds. The van der Waals surface area contributed by atoms with E-state index in [2.05, 4.69) is 28.9 Å². The zero-order chi connectivity index (χ0) is 17.8. The van der Waals surface area contributed by atoms with Gasteiger partial charge in [-0.05, 0) is 23.9 Å². The number of piperazine rings is 1. The van der Waals surface area contributed by atoms with Gasteiger partial charge in [-0.3, -0.25) is 14.5 Å². The van der Waals surface area contributed by atoms with Gasteiger partial charge in [0.05, 0.1) is 11.4 Å². The summed E-state index contributed by atoms with van der Waals surface area (Å²) in [6.07, 6.45) is 1.67. The molecule has 1 aromatic carbocycles. The third-order valence-corrected chi connectivity index (χ3v) is 5.77. The normalized spacial score (nSPS) is 15.3. The summed E-state index contributed by atoms with van der Waals surface area (Å²) in [6, 6.07) is 8.14. The summed E-state index contributed by atoms with van der Waals surface area (Å²) in [4.78, 5) is 29.5. The van der Waals surface area contributed by atoms with Gasteiger partial charge >= 0.3 is 0 Å². The predicted octanol–water partition coefficient (Wildman–Crippen LogP) is 2.27. The number of hydrogen-bond acceptors (Lipinski definition) is 4. The third-order valence-electron chi connectivity index (χ3n) is 4.51. The number of rotatable bonds is 5. The molecule has 0 aliphatic carbocycles. The number of amides is 2. The van der Waals surface area contributed by atoms with E-state index in [0.717, 1.165) is 33.6 Å². The number of thiophene rings is 1. The molecular formula is C19H23N3O2S. The van der Waals surface area contributed by atoms with Crippen molar-refractivity contribution in [3.8, 4) is 0 Å². The second-order valence-electron chi connectivity index (χ2n) is 6.21. The summed E-state index contributed by atoms with van der Waals surface area (Å²) in [5.41, 5.74) is 1.07. The van der Waals surface area contributed by atoms with E-state index in [9.17, 15) is 9.59 Å². The fourth-order valence-electron chi connectivity index (χ4n) is 3.08. The molecular weight excluding hydrogens is 334 g/mol. The number of hydrogen-bond donors (Lipinski definition) is 1. The highest BCUT2D eigenvalue weighted by Gasteiger charge is 2.25. The lowest BCUT2D eigenvalue weighted by molar-refractivity contribution is -0.122. The second kappa shape index (κ2) is 7.80. The van der Waals surface area contributed by atoms with Crippen LogP contribution in [0.4, 0.5) is 0 Å². The Balaban J connectivity index is 1.60. The third kappa shape index (κ3) is 3.91. The van der Waals surface area contributed by atoms with Crippen molar-refractivity contribution >= 4 is 33.2 Å². The van der Waals surface area contributed by atoms with Crippen LogP contribution in [0.2, 0.25) is 0 Å². The average Bonchev–Trinajstić information content (AvgIpc) is 2.97. The number of carbonyl (C=O) groups is 2. The second-order valence-corrected chi connectivity index (χ2v) is 7.27. The van der Waals surface area contributed by atoms with Crippen LogP contribution in [-0.4, -0.2) is 60.9 Å². The van der Waals surface area contributed by atoms with Gasteiger partial charge in [0.1, 0.15) is 0 Å². The van der Waals surface area contributed by atoms with E-state index >= 15 is 0 Å². The Morgan fingerprint density at radius 2 is 1.96 bits per heavy atom. The Morgan fingerprint density at radius 1 is 1.24 bits per heavy atom. The lowest BCUT2D eigenvalue weighted by atomic mass is 10.1. The zero-order valence-electron chi connectivity index (χ0n) is 14.5. The molecule has 1 aliphatic rings. The topological polar surface area (TPSA) is 52.7 Å². The van der Waals surface area contributed by atoms with Gasteiger partial charge in [-0.1, -0.05) is 24.3 Å². The maximum absolute atomic E-state index is 12.9. The maximum atomic E-state index is 12.9. The quantitative estimate of drug-likeness (QED) is 0.835. The van der Waals surface area contributed by atoms with Gasteiger partial charge in [-0.25, -0.2) is 0 Å². The fourth-order valence-corrected chi connectivity index (χ4v) is 4.25.